The van der Waals surface area contributed by atoms with Crippen LogP contribution >= 0.6 is 0 Å². The van der Waals surface area contributed by atoms with E-state index in [-0.39, 0.29) is 23.7 Å². The number of methoxy groups -OCH3 is 1. The first-order chi connectivity index (χ1) is 16.0. The Kier molecular flexibility index (Phi) is 6.36. The number of carbonyl (C=O) groups is 1. The monoisotopic (exact) mass is 443 g/mol. The van der Waals surface area contributed by atoms with E-state index in [1.165, 1.54) is 18.3 Å². The number of fused-ring (bicyclic) bond motifs is 1. The highest BCUT2D eigenvalue weighted by atomic mass is 16.5. The highest BCUT2D eigenvalue weighted by molar-refractivity contribution is 5.95. The fraction of sp³-hybridized carbons (Fsp3) is 0.0800. The van der Waals surface area contributed by atoms with Gasteiger partial charge in [0.1, 0.15) is 35.1 Å². The van der Waals surface area contributed by atoms with Crippen molar-refractivity contribution in [3.8, 4) is 23.0 Å². The van der Waals surface area contributed by atoms with Crippen LogP contribution in [0.3, 0.4) is 0 Å². The number of para-hydroxylation sites is 1. The molecule has 0 spiro atoms. The molecule has 0 bridgehead atoms. The van der Waals surface area contributed by atoms with Gasteiger partial charge in [0.2, 0.25) is 0 Å². The Balaban J connectivity index is 1.47. The summed E-state index contributed by atoms with van der Waals surface area (Å²) in [5.41, 5.74) is 4.72. The van der Waals surface area contributed by atoms with Crippen molar-refractivity contribution in [3.05, 3.63) is 89.6 Å². The molecule has 3 aromatic carbocycles. The molecule has 0 saturated carbocycles. The normalized spacial score (nSPS) is 10.9. The van der Waals surface area contributed by atoms with E-state index in [0.29, 0.717) is 17.1 Å². The lowest BCUT2D eigenvalue weighted by Crippen LogP contribution is -2.17. The molecule has 4 aromatic rings. The molecule has 1 aromatic heterocycles. The molecule has 8 heteroatoms. The molecule has 3 N–H and O–H groups in total. The van der Waals surface area contributed by atoms with E-state index < -0.39 is 5.91 Å². The van der Waals surface area contributed by atoms with Gasteiger partial charge in [-0.3, -0.25) is 9.78 Å². The van der Waals surface area contributed by atoms with E-state index in [1.54, 1.807) is 25.4 Å². The van der Waals surface area contributed by atoms with E-state index in [2.05, 4.69) is 15.5 Å². The summed E-state index contributed by atoms with van der Waals surface area (Å²) in [4.78, 5) is 16.6. The Bertz CT molecular complexity index is 1310. The number of benzene rings is 3. The van der Waals surface area contributed by atoms with Gasteiger partial charge in [-0.2, -0.15) is 5.10 Å². The van der Waals surface area contributed by atoms with Crippen LogP contribution in [0.2, 0.25) is 0 Å². The van der Waals surface area contributed by atoms with Gasteiger partial charge in [0.25, 0.3) is 5.91 Å². The fourth-order valence-electron chi connectivity index (χ4n) is 3.30. The lowest BCUT2D eigenvalue weighted by molar-refractivity contribution is 0.0954. The average molecular weight is 443 g/mol. The highest BCUT2D eigenvalue weighted by Gasteiger charge is 2.09. The molecule has 4 rings (SSSR count). The highest BCUT2D eigenvalue weighted by Crippen LogP contribution is 2.26. The first kappa shape index (κ1) is 21.6. The van der Waals surface area contributed by atoms with Crippen LogP contribution in [0.4, 0.5) is 0 Å². The van der Waals surface area contributed by atoms with Crippen molar-refractivity contribution in [2.45, 2.75) is 6.61 Å². The molecule has 166 valence electrons. The predicted molar refractivity (Wildman–Crippen MR) is 124 cm³/mol. The van der Waals surface area contributed by atoms with Gasteiger partial charge in [0.05, 0.1) is 13.3 Å². The minimum Gasteiger partial charge on any atom is -0.508 e. The van der Waals surface area contributed by atoms with Crippen molar-refractivity contribution in [2.75, 3.05) is 7.11 Å². The molecule has 0 aliphatic carbocycles. The van der Waals surface area contributed by atoms with Crippen LogP contribution in [0.5, 0.6) is 23.0 Å². The van der Waals surface area contributed by atoms with Crippen molar-refractivity contribution in [1.29, 1.82) is 0 Å². The maximum absolute atomic E-state index is 12.2. The van der Waals surface area contributed by atoms with Gasteiger partial charge in [-0.05, 0) is 48.0 Å². The molecule has 0 atom stereocenters. The minimum absolute atomic E-state index is 0.0807. The van der Waals surface area contributed by atoms with Crippen LogP contribution in [0.1, 0.15) is 21.5 Å². The predicted octanol–water partition coefficient (Wildman–Crippen LogP) is 4.00. The van der Waals surface area contributed by atoms with Crippen molar-refractivity contribution < 1.29 is 24.5 Å². The van der Waals surface area contributed by atoms with Crippen molar-refractivity contribution >= 4 is 23.0 Å². The summed E-state index contributed by atoms with van der Waals surface area (Å²) >= 11 is 0. The minimum atomic E-state index is -0.571. The Morgan fingerprint density at radius 3 is 2.61 bits per heavy atom. The molecule has 0 saturated heterocycles. The third kappa shape index (κ3) is 5.19. The molecular weight excluding hydrogens is 422 g/mol. The van der Waals surface area contributed by atoms with E-state index >= 15 is 0 Å². The van der Waals surface area contributed by atoms with Gasteiger partial charge in [0.15, 0.2) is 0 Å². The van der Waals surface area contributed by atoms with Gasteiger partial charge in [-0.25, -0.2) is 5.43 Å². The zero-order valence-corrected chi connectivity index (χ0v) is 17.7. The molecule has 0 aliphatic rings. The summed E-state index contributed by atoms with van der Waals surface area (Å²) in [5, 5.41) is 24.0. The number of pyridine rings is 1. The van der Waals surface area contributed by atoms with Crippen LogP contribution in [0.25, 0.3) is 10.9 Å². The number of hydrogen-bond donors (Lipinski definition) is 3. The Morgan fingerprint density at radius 2 is 1.82 bits per heavy atom. The van der Waals surface area contributed by atoms with Gasteiger partial charge >= 0.3 is 0 Å². The summed E-state index contributed by atoms with van der Waals surface area (Å²) in [6.07, 6.45) is 3.20. The lowest BCUT2D eigenvalue weighted by atomic mass is 10.1. The SMILES string of the molecule is COc1ccc(/C=N\NC(=O)c2cc(O)cc(O)c2)cc1COc1cccc2cccnc12. The maximum Gasteiger partial charge on any atom is 0.271 e. The maximum atomic E-state index is 12.2. The number of nitrogens with zero attached hydrogens (tertiary/aromatic N) is 2. The molecule has 0 fully saturated rings. The molecule has 0 aliphatic heterocycles. The average Bonchev–Trinajstić information content (AvgIpc) is 2.82. The zero-order chi connectivity index (χ0) is 23.2. The number of aromatic hydroxyl groups is 2. The summed E-state index contributed by atoms with van der Waals surface area (Å²) in [6.45, 7) is 0.246. The van der Waals surface area contributed by atoms with Crippen LogP contribution in [0.15, 0.2) is 78.0 Å². The van der Waals surface area contributed by atoms with Gasteiger partial charge in [0, 0.05) is 28.8 Å². The molecule has 0 radical (unpaired) electrons. The first-order valence-corrected chi connectivity index (χ1v) is 10.0. The van der Waals surface area contributed by atoms with Crippen LogP contribution in [-0.4, -0.2) is 34.4 Å². The third-order valence-corrected chi connectivity index (χ3v) is 4.83. The first-order valence-electron chi connectivity index (χ1n) is 10.0. The molecule has 1 heterocycles. The number of ether oxygens (including phenoxy) is 2. The number of aromatic nitrogens is 1. The summed E-state index contributed by atoms with van der Waals surface area (Å²) in [7, 11) is 1.58. The summed E-state index contributed by atoms with van der Waals surface area (Å²) < 4.78 is 11.5. The van der Waals surface area contributed by atoms with E-state index in [4.69, 9.17) is 9.47 Å². The molecule has 1 amide bonds. The van der Waals surface area contributed by atoms with E-state index in [0.717, 1.165) is 22.5 Å². The van der Waals surface area contributed by atoms with Crippen LogP contribution < -0.4 is 14.9 Å². The number of hydrazone groups is 1. The van der Waals surface area contributed by atoms with E-state index in [1.807, 2.05) is 36.4 Å². The summed E-state index contributed by atoms with van der Waals surface area (Å²) in [5.74, 6) is 0.309. The molecule has 33 heavy (non-hydrogen) atoms. The number of amides is 1. The smallest absolute Gasteiger partial charge is 0.271 e. The van der Waals surface area contributed by atoms with Crippen molar-refractivity contribution in [1.82, 2.24) is 10.4 Å². The Morgan fingerprint density at radius 1 is 1.03 bits per heavy atom. The van der Waals surface area contributed by atoms with E-state index in [9.17, 15) is 15.0 Å². The van der Waals surface area contributed by atoms with Crippen molar-refractivity contribution in [3.63, 3.8) is 0 Å². The van der Waals surface area contributed by atoms with Crippen molar-refractivity contribution in [2.24, 2.45) is 5.10 Å². The second kappa shape index (κ2) is 9.69. The molecule has 0 unspecified atom stereocenters. The Labute approximate surface area is 189 Å². The Hall–Kier alpha value is -4.59. The van der Waals surface area contributed by atoms with Gasteiger partial charge < -0.3 is 19.7 Å². The second-order valence-electron chi connectivity index (χ2n) is 7.13. The third-order valence-electron chi connectivity index (χ3n) is 4.83. The molecule has 8 nitrogen and oxygen atoms in total. The largest absolute Gasteiger partial charge is 0.508 e. The number of phenolic OH excluding ortho intramolecular Hbond substituents is 2. The number of rotatable bonds is 7. The number of phenols is 2. The standard InChI is InChI=1S/C25H21N3O5/c1-32-22-8-7-16(14-27-28-25(31)18-11-20(29)13-21(30)12-18)10-19(22)15-33-23-6-2-4-17-5-3-9-26-24(17)23/h2-14,29-30H,15H2,1H3,(H,28,31)/b27-14-. The number of hydrogen-bond acceptors (Lipinski definition) is 7. The second-order valence-corrected chi connectivity index (χ2v) is 7.13. The number of carbonyl (C=O) groups excluding carboxylic acids is 1. The van der Waals surface area contributed by atoms with Gasteiger partial charge in [-0.1, -0.05) is 18.2 Å². The fourth-order valence-corrected chi connectivity index (χ4v) is 3.30. The summed E-state index contributed by atoms with van der Waals surface area (Å²) in [6, 6.07) is 18.6. The topological polar surface area (TPSA) is 113 Å². The number of nitrogens with one attached hydrogen (secondary N) is 1. The van der Waals surface area contributed by atoms with Gasteiger partial charge in [-0.15, -0.1) is 0 Å². The van der Waals surface area contributed by atoms with Crippen LogP contribution in [-0.2, 0) is 6.61 Å². The molecular formula is C25H21N3O5. The van der Waals surface area contributed by atoms with Crippen LogP contribution in [0, 0.1) is 0 Å². The zero-order valence-electron chi connectivity index (χ0n) is 17.7. The lowest BCUT2D eigenvalue weighted by Gasteiger charge is -2.12. The quantitative estimate of drug-likeness (QED) is 0.294.